The maximum atomic E-state index is 11.9. The molecule has 1 atom stereocenters. The van der Waals surface area contributed by atoms with Gasteiger partial charge in [0.05, 0.1) is 0 Å². The van der Waals surface area contributed by atoms with Crippen molar-refractivity contribution in [3.05, 3.63) is 62.1 Å². The predicted molar refractivity (Wildman–Crippen MR) is 85.6 cm³/mol. The Balaban J connectivity index is 2.67. The van der Waals surface area contributed by atoms with E-state index in [9.17, 15) is 9.90 Å². The van der Waals surface area contributed by atoms with Crippen molar-refractivity contribution in [2.24, 2.45) is 0 Å². The van der Waals surface area contributed by atoms with Gasteiger partial charge in [0.1, 0.15) is 11.8 Å². The van der Waals surface area contributed by atoms with Crippen LogP contribution in [-0.2, 0) is 6.42 Å². The second-order valence-electron chi connectivity index (χ2n) is 5.56. The first kappa shape index (κ1) is 15.3. The second-order valence-corrected chi connectivity index (χ2v) is 5.56. The number of aromatic nitrogens is 1. The summed E-state index contributed by atoms with van der Waals surface area (Å²) in [6.07, 6.45) is -0.191. The van der Waals surface area contributed by atoms with Gasteiger partial charge in [0, 0.05) is 11.3 Å². The van der Waals surface area contributed by atoms with Crippen LogP contribution in [0.25, 0.3) is 0 Å². The molecule has 4 nitrogen and oxygen atoms in total. The number of aliphatic hydroxyl groups is 1. The van der Waals surface area contributed by atoms with Crippen LogP contribution in [0.1, 0.15) is 46.5 Å². The number of rotatable bonds is 3. The van der Waals surface area contributed by atoms with Gasteiger partial charge >= 0.3 is 0 Å². The van der Waals surface area contributed by atoms with E-state index >= 15 is 0 Å². The highest BCUT2D eigenvalue weighted by Crippen LogP contribution is 2.30. The Bertz CT molecular complexity index is 712. The molecule has 0 fully saturated rings. The lowest BCUT2D eigenvalue weighted by molar-refractivity contribution is 0.219. The molecular formula is C17H22N2O2. The van der Waals surface area contributed by atoms with Crippen LogP contribution in [0.5, 0.6) is 0 Å². The van der Waals surface area contributed by atoms with E-state index in [4.69, 9.17) is 5.73 Å². The highest BCUT2D eigenvalue weighted by molar-refractivity contribution is 5.54. The second kappa shape index (κ2) is 5.74. The summed E-state index contributed by atoms with van der Waals surface area (Å²) in [4.78, 5) is 14.6. The zero-order valence-electron chi connectivity index (χ0n) is 12.9. The average Bonchev–Trinajstić information content (AvgIpc) is 2.40. The molecule has 0 saturated heterocycles. The lowest BCUT2D eigenvalue weighted by atomic mass is 9.92. The van der Waals surface area contributed by atoms with Gasteiger partial charge in [-0.25, -0.2) is 0 Å². The highest BCUT2D eigenvalue weighted by Gasteiger charge is 2.21. The zero-order chi connectivity index (χ0) is 15.7. The average molecular weight is 286 g/mol. The molecule has 0 saturated carbocycles. The molecule has 1 unspecified atom stereocenters. The van der Waals surface area contributed by atoms with E-state index in [0.29, 0.717) is 12.0 Å². The molecule has 0 spiro atoms. The van der Waals surface area contributed by atoms with Gasteiger partial charge in [-0.2, -0.15) is 0 Å². The van der Waals surface area contributed by atoms with Crippen molar-refractivity contribution >= 4 is 5.69 Å². The molecule has 2 aromatic rings. The molecule has 4 heteroatoms. The van der Waals surface area contributed by atoms with E-state index in [0.717, 1.165) is 27.9 Å². The minimum absolute atomic E-state index is 0.101. The van der Waals surface area contributed by atoms with Crippen LogP contribution in [0.2, 0.25) is 0 Å². The molecule has 0 bridgehead atoms. The third-order valence-corrected chi connectivity index (χ3v) is 3.80. The predicted octanol–water partition coefficient (Wildman–Crippen LogP) is 2.53. The first-order valence-corrected chi connectivity index (χ1v) is 7.12. The van der Waals surface area contributed by atoms with E-state index in [-0.39, 0.29) is 11.2 Å². The number of pyridine rings is 1. The quantitative estimate of drug-likeness (QED) is 0.811. The molecule has 0 amide bonds. The van der Waals surface area contributed by atoms with E-state index in [2.05, 4.69) is 4.98 Å². The fraction of sp³-hybridized carbons (Fsp3) is 0.353. The number of H-pyrrole nitrogens is 1. The molecule has 0 radical (unpaired) electrons. The normalized spacial score (nSPS) is 12.4. The summed E-state index contributed by atoms with van der Waals surface area (Å²) in [5.41, 5.74) is 10.8. The van der Waals surface area contributed by atoms with Crippen molar-refractivity contribution in [1.82, 2.24) is 4.98 Å². The van der Waals surface area contributed by atoms with Gasteiger partial charge in [-0.1, -0.05) is 36.2 Å². The van der Waals surface area contributed by atoms with Gasteiger partial charge in [-0.05, 0) is 38.3 Å². The number of nitrogen functional groups attached to an aromatic ring is 1. The number of benzene rings is 1. The molecule has 0 aliphatic carbocycles. The van der Waals surface area contributed by atoms with Crippen molar-refractivity contribution in [2.75, 3.05) is 5.73 Å². The van der Waals surface area contributed by atoms with Crippen molar-refractivity contribution in [3.8, 4) is 0 Å². The first-order valence-electron chi connectivity index (χ1n) is 7.12. The number of hydrogen-bond acceptors (Lipinski definition) is 3. The summed E-state index contributed by atoms with van der Waals surface area (Å²) in [5, 5.41) is 10.7. The lowest BCUT2D eigenvalue weighted by Gasteiger charge is -2.19. The molecule has 0 aliphatic rings. The van der Waals surface area contributed by atoms with Crippen molar-refractivity contribution < 1.29 is 5.11 Å². The fourth-order valence-corrected chi connectivity index (χ4v) is 2.90. The molecule has 1 aromatic heterocycles. The van der Waals surface area contributed by atoms with E-state index in [1.807, 2.05) is 45.9 Å². The van der Waals surface area contributed by atoms with Gasteiger partial charge < -0.3 is 15.8 Å². The number of nitrogens with two attached hydrogens (primary N) is 1. The fourth-order valence-electron chi connectivity index (χ4n) is 2.90. The highest BCUT2D eigenvalue weighted by atomic mass is 16.3. The smallest absolute Gasteiger partial charge is 0.271 e. The first-order chi connectivity index (χ1) is 9.85. The maximum absolute atomic E-state index is 11.9. The molecule has 2 rings (SSSR count). The van der Waals surface area contributed by atoms with Crippen molar-refractivity contribution in [1.29, 1.82) is 0 Å². The molecule has 0 aliphatic heterocycles. The molecule has 4 N–H and O–H groups in total. The molecule has 1 aromatic carbocycles. The number of aryl methyl sites for hydroxylation is 3. The van der Waals surface area contributed by atoms with Crippen LogP contribution in [0.4, 0.5) is 5.69 Å². The Labute approximate surface area is 124 Å². The molecule has 112 valence electrons. The van der Waals surface area contributed by atoms with Crippen LogP contribution in [0, 0.1) is 20.8 Å². The molecular weight excluding hydrogens is 264 g/mol. The Morgan fingerprint density at radius 1 is 1.19 bits per heavy atom. The summed E-state index contributed by atoms with van der Waals surface area (Å²) in [5.74, 6) is 0. The molecule has 1 heterocycles. The minimum Gasteiger partial charge on any atom is -0.394 e. The maximum Gasteiger partial charge on any atom is 0.271 e. The Kier molecular flexibility index (Phi) is 4.19. The third kappa shape index (κ3) is 2.85. The molecule has 21 heavy (non-hydrogen) atoms. The Hall–Kier alpha value is -2.07. The van der Waals surface area contributed by atoms with Crippen LogP contribution in [0.15, 0.2) is 23.0 Å². The number of aliphatic hydroxyl groups excluding tert-OH is 1. The zero-order valence-corrected chi connectivity index (χ0v) is 12.9. The Morgan fingerprint density at radius 2 is 1.76 bits per heavy atom. The number of nitrogens with one attached hydrogen (secondary N) is 1. The summed E-state index contributed by atoms with van der Waals surface area (Å²) >= 11 is 0. The third-order valence-electron chi connectivity index (χ3n) is 3.80. The number of anilines is 1. The lowest BCUT2D eigenvalue weighted by Crippen LogP contribution is -2.21. The van der Waals surface area contributed by atoms with Crippen molar-refractivity contribution in [3.63, 3.8) is 0 Å². The summed E-state index contributed by atoms with van der Waals surface area (Å²) in [7, 11) is 0. The monoisotopic (exact) mass is 286 g/mol. The van der Waals surface area contributed by atoms with Gasteiger partial charge in [0.15, 0.2) is 0 Å². The SMILES string of the molecule is CCc1c(C)[nH]c(=O)c(N)c1C(O)c1cc(C)cc(C)c1. The van der Waals surface area contributed by atoms with Crippen LogP contribution < -0.4 is 11.3 Å². The summed E-state index contributed by atoms with van der Waals surface area (Å²) in [6.45, 7) is 7.78. The standard InChI is InChI=1S/C17H22N2O2/c1-5-13-11(4)19-17(21)15(18)14(13)16(20)12-7-9(2)6-10(3)8-12/h6-8,16,20H,5,18H2,1-4H3,(H,19,21). The van der Waals surface area contributed by atoms with Gasteiger partial charge in [-0.3, -0.25) is 4.79 Å². The van der Waals surface area contributed by atoms with Crippen LogP contribution >= 0.6 is 0 Å². The van der Waals surface area contributed by atoms with Crippen LogP contribution in [-0.4, -0.2) is 10.1 Å². The summed E-state index contributed by atoms with van der Waals surface area (Å²) in [6, 6.07) is 5.89. The van der Waals surface area contributed by atoms with E-state index in [1.165, 1.54) is 0 Å². The Morgan fingerprint density at radius 3 is 2.29 bits per heavy atom. The van der Waals surface area contributed by atoms with Crippen molar-refractivity contribution in [2.45, 2.75) is 40.2 Å². The number of hydrogen-bond donors (Lipinski definition) is 3. The van der Waals surface area contributed by atoms with E-state index in [1.54, 1.807) is 0 Å². The largest absolute Gasteiger partial charge is 0.394 e. The van der Waals surface area contributed by atoms with Crippen LogP contribution in [0.3, 0.4) is 0 Å². The van der Waals surface area contributed by atoms with E-state index < -0.39 is 6.10 Å². The van der Waals surface area contributed by atoms with Gasteiger partial charge in [0.25, 0.3) is 5.56 Å². The van der Waals surface area contributed by atoms with Gasteiger partial charge in [0.2, 0.25) is 0 Å². The summed E-state index contributed by atoms with van der Waals surface area (Å²) < 4.78 is 0. The minimum atomic E-state index is -0.889. The van der Waals surface area contributed by atoms with Gasteiger partial charge in [-0.15, -0.1) is 0 Å². The number of aromatic amines is 1. The topological polar surface area (TPSA) is 79.1 Å².